The molecular weight excluding hydrogens is 439 g/mol. The summed E-state index contributed by atoms with van der Waals surface area (Å²) >= 11 is 0. The third-order valence-corrected chi connectivity index (χ3v) is 5.65. The van der Waals surface area contributed by atoms with Crippen LogP contribution in [0.5, 0.6) is 5.88 Å². The molecule has 4 rings (SSSR count). The number of ether oxygens (including phenoxy) is 2. The van der Waals surface area contributed by atoms with E-state index in [2.05, 4.69) is 20.5 Å². The van der Waals surface area contributed by atoms with Crippen LogP contribution in [0.4, 0.5) is 13.2 Å². The largest absolute Gasteiger partial charge is 0.474 e. The fourth-order valence-corrected chi connectivity index (χ4v) is 4.13. The number of aromatic amines is 1. The van der Waals surface area contributed by atoms with Gasteiger partial charge in [0.05, 0.1) is 23.1 Å². The van der Waals surface area contributed by atoms with Gasteiger partial charge < -0.3 is 19.7 Å². The van der Waals surface area contributed by atoms with Crippen molar-refractivity contribution in [2.24, 2.45) is 0 Å². The standard InChI is InChI=1S/C22H24F3N5O3/c1-30-11-16(14-5-3-4-6-17(14)22(23,24)25)18(12-30)27-20(31)13-9-15-19(26-10-13)28-29-21(15)33-8-7-32-2/h3-6,9-10,16,18H,7-8,11-12H2,1-2H3,(H,27,31)(H,26,28,29)/t16-,18+/m0/s1. The van der Waals surface area contributed by atoms with Gasteiger partial charge in [-0.05, 0) is 24.7 Å². The Morgan fingerprint density at radius 1 is 1.27 bits per heavy atom. The molecule has 0 radical (unpaired) electrons. The second kappa shape index (κ2) is 9.36. The first-order chi connectivity index (χ1) is 15.8. The topological polar surface area (TPSA) is 92.4 Å². The quantitative estimate of drug-likeness (QED) is 0.524. The number of nitrogens with zero attached hydrogens (tertiary/aromatic N) is 3. The predicted octanol–water partition coefficient (Wildman–Crippen LogP) is 2.83. The van der Waals surface area contributed by atoms with E-state index in [1.165, 1.54) is 18.3 Å². The molecule has 0 bridgehead atoms. The molecule has 2 aromatic heterocycles. The highest BCUT2D eigenvalue weighted by Gasteiger charge is 2.40. The molecule has 2 N–H and O–H groups in total. The SMILES string of the molecule is COCCOc1n[nH]c2ncc(C(=O)N[C@@H]3CN(C)C[C@H]3c3ccccc3C(F)(F)F)cc12. The van der Waals surface area contributed by atoms with Gasteiger partial charge in [-0.25, -0.2) is 4.98 Å². The maximum atomic E-state index is 13.6. The number of hydrogen-bond donors (Lipinski definition) is 2. The lowest BCUT2D eigenvalue weighted by Gasteiger charge is -2.23. The van der Waals surface area contributed by atoms with Gasteiger partial charge in [-0.1, -0.05) is 18.2 Å². The molecule has 1 aliphatic heterocycles. The van der Waals surface area contributed by atoms with E-state index in [1.807, 2.05) is 11.9 Å². The fourth-order valence-electron chi connectivity index (χ4n) is 4.13. The van der Waals surface area contributed by atoms with E-state index in [9.17, 15) is 18.0 Å². The first kappa shape index (κ1) is 23.0. The number of likely N-dealkylation sites (N-methyl/N-ethyl adjacent to an activating group) is 1. The number of rotatable bonds is 7. The summed E-state index contributed by atoms with van der Waals surface area (Å²) in [6.45, 7) is 1.48. The molecule has 1 amide bonds. The molecule has 3 heterocycles. The van der Waals surface area contributed by atoms with Crippen LogP contribution in [0.2, 0.25) is 0 Å². The Morgan fingerprint density at radius 3 is 2.82 bits per heavy atom. The summed E-state index contributed by atoms with van der Waals surface area (Å²) in [5.41, 5.74) is 0.218. The van der Waals surface area contributed by atoms with Crippen LogP contribution in [0.1, 0.15) is 27.4 Å². The molecule has 1 fully saturated rings. The molecule has 1 saturated heterocycles. The number of likely N-dealkylation sites (tertiary alicyclic amines) is 1. The van der Waals surface area contributed by atoms with Gasteiger partial charge in [0.15, 0.2) is 5.65 Å². The molecule has 3 aromatic rings. The number of H-pyrrole nitrogens is 1. The summed E-state index contributed by atoms with van der Waals surface area (Å²) in [5, 5.41) is 10.2. The minimum Gasteiger partial charge on any atom is -0.474 e. The molecule has 0 unspecified atom stereocenters. The van der Waals surface area contributed by atoms with Crippen molar-refractivity contribution in [3.63, 3.8) is 0 Å². The fraction of sp³-hybridized carbons (Fsp3) is 0.409. The minimum atomic E-state index is -4.47. The molecule has 11 heteroatoms. The van der Waals surface area contributed by atoms with Gasteiger partial charge in [-0.3, -0.25) is 9.89 Å². The number of hydrogen-bond acceptors (Lipinski definition) is 6. The van der Waals surface area contributed by atoms with Gasteiger partial charge in [-0.15, -0.1) is 5.10 Å². The zero-order valence-electron chi connectivity index (χ0n) is 18.1. The number of methoxy groups -OCH3 is 1. The molecule has 0 saturated carbocycles. The van der Waals surface area contributed by atoms with Crippen molar-refractivity contribution < 1.29 is 27.4 Å². The number of halogens is 3. The molecule has 2 atom stereocenters. The maximum Gasteiger partial charge on any atom is 0.416 e. The van der Waals surface area contributed by atoms with Crippen LogP contribution < -0.4 is 10.1 Å². The van der Waals surface area contributed by atoms with Crippen LogP contribution >= 0.6 is 0 Å². The molecule has 0 aliphatic carbocycles. The third-order valence-electron chi connectivity index (χ3n) is 5.65. The lowest BCUT2D eigenvalue weighted by Crippen LogP contribution is -2.40. The molecule has 33 heavy (non-hydrogen) atoms. The summed E-state index contributed by atoms with van der Waals surface area (Å²) in [6.07, 6.45) is -3.08. The van der Waals surface area contributed by atoms with Crippen LogP contribution in [-0.4, -0.2) is 72.5 Å². The number of carbonyl (C=O) groups is 1. The minimum absolute atomic E-state index is 0.178. The second-order valence-electron chi connectivity index (χ2n) is 7.98. The molecule has 1 aliphatic rings. The van der Waals surface area contributed by atoms with E-state index in [-0.39, 0.29) is 17.7 Å². The van der Waals surface area contributed by atoms with Crippen molar-refractivity contribution in [2.75, 3.05) is 40.5 Å². The maximum absolute atomic E-state index is 13.6. The van der Waals surface area contributed by atoms with Crippen LogP contribution in [0.25, 0.3) is 11.0 Å². The number of fused-ring (bicyclic) bond motifs is 1. The lowest BCUT2D eigenvalue weighted by molar-refractivity contribution is -0.138. The van der Waals surface area contributed by atoms with Gasteiger partial charge in [0.1, 0.15) is 6.61 Å². The van der Waals surface area contributed by atoms with Crippen molar-refractivity contribution in [2.45, 2.75) is 18.1 Å². The van der Waals surface area contributed by atoms with Crippen molar-refractivity contribution in [3.05, 3.63) is 53.2 Å². The number of benzene rings is 1. The van der Waals surface area contributed by atoms with Crippen molar-refractivity contribution >= 4 is 16.9 Å². The van der Waals surface area contributed by atoms with Crippen molar-refractivity contribution in [1.29, 1.82) is 0 Å². The first-order valence-corrected chi connectivity index (χ1v) is 10.4. The predicted molar refractivity (Wildman–Crippen MR) is 114 cm³/mol. The number of pyridine rings is 1. The van der Waals surface area contributed by atoms with E-state index >= 15 is 0 Å². The van der Waals surface area contributed by atoms with E-state index in [1.54, 1.807) is 19.2 Å². The van der Waals surface area contributed by atoms with Gasteiger partial charge >= 0.3 is 6.18 Å². The number of nitrogens with one attached hydrogen (secondary N) is 2. The lowest BCUT2D eigenvalue weighted by atomic mass is 9.90. The van der Waals surface area contributed by atoms with E-state index in [0.717, 1.165) is 6.07 Å². The Hall–Kier alpha value is -3.18. The molecule has 8 nitrogen and oxygen atoms in total. The Balaban J connectivity index is 1.56. The first-order valence-electron chi connectivity index (χ1n) is 10.4. The van der Waals surface area contributed by atoms with E-state index < -0.39 is 29.6 Å². The van der Waals surface area contributed by atoms with Gasteiger partial charge in [0, 0.05) is 38.4 Å². The van der Waals surface area contributed by atoms with E-state index in [4.69, 9.17) is 9.47 Å². The smallest absolute Gasteiger partial charge is 0.416 e. The van der Waals surface area contributed by atoms with E-state index in [0.29, 0.717) is 36.6 Å². The molecule has 0 spiro atoms. The number of aromatic nitrogens is 3. The van der Waals surface area contributed by atoms with Crippen LogP contribution in [0, 0.1) is 0 Å². The summed E-state index contributed by atoms with van der Waals surface area (Å²) in [7, 11) is 3.37. The van der Waals surface area contributed by atoms with Gasteiger partial charge in [-0.2, -0.15) is 13.2 Å². The number of alkyl halides is 3. The second-order valence-corrected chi connectivity index (χ2v) is 7.98. The molecule has 176 valence electrons. The number of carbonyl (C=O) groups excluding carboxylic acids is 1. The van der Waals surface area contributed by atoms with Gasteiger partial charge in [0.25, 0.3) is 5.91 Å². The van der Waals surface area contributed by atoms with Crippen LogP contribution in [0.15, 0.2) is 36.5 Å². The summed E-state index contributed by atoms with van der Waals surface area (Å²) in [4.78, 5) is 19.1. The Bertz CT molecular complexity index is 1130. The Labute approximate surface area is 188 Å². The normalized spacial score (nSPS) is 19.2. The average molecular weight is 463 g/mol. The Kier molecular flexibility index (Phi) is 6.52. The highest BCUT2D eigenvalue weighted by molar-refractivity contribution is 5.98. The Morgan fingerprint density at radius 2 is 2.06 bits per heavy atom. The summed E-state index contributed by atoms with van der Waals surface area (Å²) in [6, 6.07) is 6.62. The third kappa shape index (κ3) is 4.93. The highest BCUT2D eigenvalue weighted by atomic mass is 19.4. The van der Waals surface area contributed by atoms with Crippen molar-refractivity contribution in [3.8, 4) is 5.88 Å². The van der Waals surface area contributed by atoms with Gasteiger partial charge in [0.2, 0.25) is 5.88 Å². The average Bonchev–Trinajstić information content (AvgIpc) is 3.35. The molecule has 1 aromatic carbocycles. The molecular formula is C22H24F3N5O3. The van der Waals surface area contributed by atoms with Crippen molar-refractivity contribution in [1.82, 2.24) is 25.4 Å². The zero-order chi connectivity index (χ0) is 23.6. The summed E-state index contributed by atoms with van der Waals surface area (Å²) < 4.78 is 51.3. The zero-order valence-corrected chi connectivity index (χ0v) is 18.1. The summed E-state index contributed by atoms with van der Waals surface area (Å²) in [5.74, 6) is -0.639. The highest BCUT2D eigenvalue weighted by Crippen LogP contribution is 2.38. The monoisotopic (exact) mass is 463 g/mol. The number of amides is 1. The van der Waals surface area contributed by atoms with Crippen LogP contribution in [0.3, 0.4) is 0 Å². The van der Waals surface area contributed by atoms with Crippen LogP contribution in [-0.2, 0) is 10.9 Å².